The molecule has 2 aromatic carbocycles. The van der Waals surface area contributed by atoms with Crippen LogP contribution in [0.3, 0.4) is 0 Å². The Hall–Kier alpha value is -3.14. The lowest BCUT2D eigenvalue weighted by Crippen LogP contribution is -2.16. The normalized spacial score (nSPS) is 10.7. The van der Waals surface area contributed by atoms with Crippen LogP contribution in [0, 0.1) is 0 Å². The number of hydrogen-bond donors (Lipinski definition) is 2. The highest BCUT2D eigenvalue weighted by Gasteiger charge is 2.18. The first-order valence-corrected chi connectivity index (χ1v) is 10.4. The van der Waals surface area contributed by atoms with Crippen molar-refractivity contribution in [3.63, 3.8) is 0 Å². The van der Waals surface area contributed by atoms with E-state index < -0.39 is 0 Å². The maximum absolute atomic E-state index is 12.7. The molecule has 0 fully saturated rings. The van der Waals surface area contributed by atoms with Gasteiger partial charge in [-0.25, -0.2) is 4.98 Å². The second kappa shape index (κ2) is 11.0. The van der Waals surface area contributed by atoms with Crippen LogP contribution < -0.4 is 10.6 Å². The second-order valence-corrected chi connectivity index (χ2v) is 7.19. The first-order valence-electron chi connectivity index (χ1n) is 10.4. The van der Waals surface area contributed by atoms with Crippen LogP contribution in [0.2, 0.25) is 0 Å². The quantitative estimate of drug-likeness (QED) is 0.429. The average Bonchev–Trinajstić information content (AvgIpc) is 2.77. The van der Waals surface area contributed by atoms with Crippen molar-refractivity contribution < 1.29 is 4.79 Å². The van der Waals surface area contributed by atoms with Gasteiger partial charge in [0.1, 0.15) is 5.82 Å². The van der Waals surface area contributed by atoms with Crippen molar-refractivity contribution in [2.24, 2.45) is 0 Å². The highest BCUT2D eigenvalue weighted by molar-refractivity contribution is 5.91. The number of unbranched alkanes of at least 4 members (excludes halogenated alkanes) is 2. The fraction of sp³-hybridized carbons (Fsp3) is 0.280. The number of carbonyl (C=O) groups excluding carboxylic acids is 1. The van der Waals surface area contributed by atoms with E-state index in [0.29, 0.717) is 12.1 Å². The summed E-state index contributed by atoms with van der Waals surface area (Å²) in [7, 11) is 0. The molecular weight excluding hydrogens is 358 g/mol. The number of aromatic nitrogens is 1. The third-order valence-electron chi connectivity index (χ3n) is 4.93. The molecule has 0 saturated heterocycles. The van der Waals surface area contributed by atoms with Gasteiger partial charge in [0.15, 0.2) is 0 Å². The number of rotatable bonds is 10. The van der Waals surface area contributed by atoms with Crippen LogP contribution in [0.25, 0.3) is 0 Å². The van der Waals surface area contributed by atoms with Gasteiger partial charge in [-0.1, -0.05) is 80.4 Å². The van der Waals surface area contributed by atoms with E-state index in [-0.39, 0.29) is 11.8 Å². The second-order valence-electron chi connectivity index (χ2n) is 7.19. The number of hydrogen-bond acceptors (Lipinski definition) is 3. The number of carbonyl (C=O) groups is 1. The molecule has 4 heteroatoms. The van der Waals surface area contributed by atoms with Crippen molar-refractivity contribution >= 4 is 17.4 Å². The highest BCUT2D eigenvalue weighted by atomic mass is 16.1. The predicted molar refractivity (Wildman–Crippen MR) is 120 cm³/mol. The standard InChI is InChI=1S/C25H29N3O/c1-2-3-10-17-26-24-16-15-22(19-27-24)28-25(29)18-23(20-11-6-4-7-12-20)21-13-8-5-9-14-21/h4-9,11-16,19,23H,2-3,10,17-18H2,1H3,(H,26,27)(H,28,29). The molecule has 0 spiro atoms. The van der Waals surface area contributed by atoms with Crippen molar-refractivity contribution in [1.29, 1.82) is 0 Å². The van der Waals surface area contributed by atoms with E-state index in [4.69, 9.17) is 0 Å². The average molecular weight is 388 g/mol. The lowest BCUT2D eigenvalue weighted by Gasteiger charge is -2.18. The molecule has 150 valence electrons. The molecule has 0 aliphatic heterocycles. The van der Waals surface area contributed by atoms with E-state index in [0.717, 1.165) is 29.9 Å². The van der Waals surface area contributed by atoms with Crippen LogP contribution in [-0.2, 0) is 4.79 Å². The predicted octanol–water partition coefficient (Wildman–Crippen LogP) is 5.84. The Bertz CT molecular complexity index is 824. The summed E-state index contributed by atoms with van der Waals surface area (Å²) in [6.07, 6.45) is 5.64. The lowest BCUT2D eigenvalue weighted by molar-refractivity contribution is -0.116. The number of anilines is 2. The zero-order chi connectivity index (χ0) is 20.3. The van der Waals surface area contributed by atoms with Gasteiger partial charge < -0.3 is 10.6 Å². The number of benzene rings is 2. The molecule has 1 amide bonds. The smallest absolute Gasteiger partial charge is 0.225 e. The Morgan fingerprint density at radius 3 is 2.10 bits per heavy atom. The van der Waals surface area contributed by atoms with Crippen LogP contribution in [0.15, 0.2) is 79.0 Å². The van der Waals surface area contributed by atoms with E-state index in [1.165, 1.54) is 12.8 Å². The van der Waals surface area contributed by atoms with Gasteiger partial charge in [0.2, 0.25) is 5.91 Å². The Morgan fingerprint density at radius 1 is 0.897 bits per heavy atom. The molecule has 0 saturated carbocycles. The Morgan fingerprint density at radius 2 is 1.55 bits per heavy atom. The van der Waals surface area contributed by atoms with Gasteiger partial charge in [0, 0.05) is 18.9 Å². The van der Waals surface area contributed by atoms with Crippen molar-refractivity contribution in [3.8, 4) is 0 Å². The van der Waals surface area contributed by atoms with Crippen molar-refractivity contribution in [2.75, 3.05) is 17.2 Å². The largest absolute Gasteiger partial charge is 0.370 e. The molecule has 3 rings (SSSR count). The molecule has 1 aromatic heterocycles. The third kappa shape index (κ3) is 6.46. The molecule has 0 unspecified atom stereocenters. The summed E-state index contributed by atoms with van der Waals surface area (Å²) in [6.45, 7) is 3.11. The molecule has 29 heavy (non-hydrogen) atoms. The van der Waals surface area contributed by atoms with Gasteiger partial charge in [0.25, 0.3) is 0 Å². The minimum absolute atomic E-state index is 0.0184. The SMILES string of the molecule is CCCCCNc1ccc(NC(=O)CC(c2ccccc2)c2ccccc2)cn1. The van der Waals surface area contributed by atoms with Crippen LogP contribution in [-0.4, -0.2) is 17.4 Å². The molecule has 0 bridgehead atoms. The molecule has 4 nitrogen and oxygen atoms in total. The summed E-state index contributed by atoms with van der Waals surface area (Å²) in [5, 5.41) is 6.30. The van der Waals surface area contributed by atoms with E-state index in [2.05, 4.69) is 46.8 Å². The van der Waals surface area contributed by atoms with Gasteiger partial charge >= 0.3 is 0 Å². The van der Waals surface area contributed by atoms with Crippen molar-refractivity contribution in [1.82, 2.24) is 4.98 Å². The maximum Gasteiger partial charge on any atom is 0.225 e. The van der Waals surface area contributed by atoms with Crippen LogP contribution >= 0.6 is 0 Å². The fourth-order valence-corrected chi connectivity index (χ4v) is 3.36. The topological polar surface area (TPSA) is 54.0 Å². The van der Waals surface area contributed by atoms with Crippen LogP contribution in [0.4, 0.5) is 11.5 Å². The minimum atomic E-state index is -0.0202. The van der Waals surface area contributed by atoms with Crippen LogP contribution in [0.5, 0.6) is 0 Å². The van der Waals surface area contributed by atoms with Crippen molar-refractivity contribution in [2.45, 2.75) is 38.5 Å². The summed E-state index contributed by atoms with van der Waals surface area (Å²) < 4.78 is 0. The van der Waals surface area contributed by atoms with Gasteiger partial charge in [-0.15, -0.1) is 0 Å². The molecular formula is C25H29N3O. The van der Waals surface area contributed by atoms with E-state index in [9.17, 15) is 4.79 Å². The highest BCUT2D eigenvalue weighted by Crippen LogP contribution is 2.28. The number of nitrogens with one attached hydrogen (secondary N) is 2. The number of amides is 1. The van der Waals surface area contributed by atoms with Gasteiger partial charge in [-0.3, -0.25) is 4.79 Å². The monoisotopic (exact) mass is 387 g/mol. The molecule has 1 heterocycles. The lowest BCUT2D eigenvalue weighted by atomic mass is 9.88. The first-order chi connectivity index (χ1) is 14.3. The summed E-state index contributed by atoms with van der Waals surface area (Å²) in [6, 6.07) is 24.1. The third-order valence-corrected chi connectivity index (χ3v) is 4.93. The molecule has 0 radical (unpaired) electrons. The number of pyridine rings is 1. The number of nitrogens with zero attached hydrogens (tertiary/aromatic N) is 1. The van der Waals surface area contributed by atoms with E-state index in [1.807, 2.05) is 48.5 Å². The Kier molecular flexibility index (Phi) is 7.81. The minimum Gasteiger partial charge on any atom is -0.370 e. The first kappa shape index (κ1) is 20.6. The fourth-order valence-electron chi connectivity index (χ4n) is 3.36. The Balaban J connectivity index is 1.62. The van der Waals surface area contributed by atoms with Gasteiger partial charge in [-0.05, 0) is 29.7 Å². The van der Waals surface area contributed by atoms with Crippen LogP contribution in [0.1, 0.15) is 49.7 Å². The molecule has 3 aromatic rings. The summed E-state index contributed by atoms with van der Waals surface area (Å²) in [4.78, 5) is 17.1. The molecule has 0 atom stereocenters. The summed E-state index contributed by atoms with van der Waals surface area (Å²) in [5.74, 6) is 0.837. The zero-order valence-electron chi connectivity index (χ0n) is 17.0. The molecule has 0 aliphatic rings. The summed E-state index contributed by atoms with van der Waals surface area (Å²) in [5.41, 5.74) is 2.99. The summed E-state index contributed by atoms with van der Waals surface area (Å²) >= 11 is 0. The molecule has 2 N–H and O–H groups in total. The van der Waals surface area contributed by atoms with Gasteiger partial charge in [-0.2, -0.15) is 0 Å². The maximum atomic E-state index is 12.7. The van der Waals surface area contributed by atoms with E-state index >= 15 is 0 Å². The van der Waals surface area contributed by atoms with E-state index in [1.54, 1.807) is 6.20 Å². The van der Waals surface area contributed by atoms with Gasteiger partial charge in [0.05, 0.1) is 11.9 Å². The Labute approximate surface area is 173 Å². The zero-order valence-corrected chi connectivity index (χ0v) is 17.0. The molecule has 0 aliphatic carbocycles. The van der Waals surface area contributed by atoms with Crippen molar-refractivity contribution in [3.05, 3.63) is 90.1 Å².